The van der Waals surface area contributed by atoms with E-state index < -0.39 is 24.1 Å². The summed E-state index contributed by atoms with van der Waals surface area (Å²) in [5, 5.41) is 32.4. The van der Waals surface area contributed by atoms with E-state index in [4.69, 9.17) is 14.2 Å². The highest BCUT2D eigenvalue weighted by Crippen LogP contribution is 2.74. The second-order valence-electron chi connectivity index (χ2n) is 15.8. The van der Waals surface area contributed by atoms with Crippen molar-refractivity contribution in [2.24, 2.45) is 45.3 Å². The zero-order chi connectivity index (χ0) is 29.6. The van der Waals surface area contributed by atoms with Crippen LogP contribution in [0.5, 0.6) is 0 Å². The number of rotatable bonds is 5. The molecular weight excluding hydrogens is 508 g/mol. The predicted octanol–water partition coefficient (Wildman–Crippen LogP) is 5.00. The molecule has 7 nitrogen and oxygen atoms in total. The molecular formula is C33H54O7. The second-order valence-corrected chi connectivity index (χ2v) is 15.8. The first-order valence-electron chi connectivity index (χ1n) is 15.6. The van der Waals surface area contributed by atoms with E-state index in [9.17, 15) is 20.1 Å². The molecule has 0 spiro atoms. The quantitative estimate of drug-likeness (QED) is 0.320. The van der Waals surface area contributed by atoms with Crippen LogP contribution in [0, 0.1) is 45.3 Å². The summed E-state index contributed by atoms with van der Waals surface area (Å²) in [6.45, 7) is 16.4. The molecule has 40 heavy (non-hydrogen) atoms. The Hall–Kier alpha value is -0.990. The zero-order valence-corrected chi connectivity index (χ0v) is 26.2. The Labute approximate surface area is 241 Å². The summed E-state index contributed by atoms with van der Waals surface area (Å²) in [4.78, 5) is 12.5. The van der Waals surface area contributed by atoms with Crippen molar-refractivity contribution >= 4 is 5.97 Å². The van der Waals surface area contributed by atoms with Gasteiger partial charge in [0.1, 0.15) is 12.2 Å². The van der Waals surface area contributed by atoms with Crippen molar-refractivity contribution in [3.8, 4) is 0 Å². The second kappa shape index (κ2) is 9.77. The first-order valence-corrected chi connectivity index (χ1v) is 15.6. The molecule has 0 aromatic rings. The van der Waals surface area contributed by atoms with Crippen LogP contribution >= 0.6 is 0 Å². The van der Waals surface area contributed by atoms with Crippen LogP contribution in [0.4, 0.5) is 0 Å². The summed E-state index contributed by atoms with van der Waals surface area (Å²) in [6.07, 6.45) is 6.06. The standard InChI is InChI=1S/C33H54O7/c1-18(34)39-26-17-24-29(2,3)25(35)13-15-32(24,7)23-12-14-31(6)20(10-11-22(31)33(23,26)8)19-16-21(40-28(19)38-9)27(36)30(4,5)37/h11,19-21,23-28,35-37H,10,12-17H2,1-9H3/t19-,20-,21+,23+,24-,25+,26+,27-,28+,31-,32+,33-/m0/s1. The van der Waals surface area contributed by atoms with Gasteiger partial charge in [-0.2, -0.15) is 0 Å². The van der Waals surface area contributed by atoms with E-state index in [0.29, 0.717) is 12.3 Å². The SMILES string of the molecule is CO[C@@H]1O[C@@H]([C@H](O)C(C)(C)O)C[C@H]1[C@@H]1CC=C2[C@@]3(C)[C@H](CC[C@]21C)[C@@]1(C)CC[C@@H](O)C(C)(C)[C@@H]1C[C@H]3OC(C)=O. The highest BCUT2D eigenvalue weighted by Gasteiger charge is 2.69. The molecule has 0 aromatic carbocycles. The lowest BCUT2D eigenvalue weighted by Gasteiger charge is -2.68. The molecule has 1 aliphatic heterocycles. The van der Waals surface area contributed by atoms with Crippen molar-refractivity contribution in [2.75, 3.05) is 7.11 Å². The van der Waals surface area contributed by atoms with Crippen LogP contribution in [0.15, 0.2) is 11.6 Å². The number of carbonyl (C=O) groups excluding carboxylic acids is 1. The smallest absolute Gasteiger partial charge is 0.302 e. The fraction of sp³-hybridized carbons (Fsp3) is 0.909. The molecule has 0 amide bonds. The number of aliphatic hydroxyl groups is 3. The maximum Gasteiger partial charge on any atom is 0.302 e. The van der Waals surface area contributed by atoms with Gasteiger partial charge in [-0.1, -0.05) is 46.3 Å². The minimum atomic E-state index is -1.26. The fourth-order valence-corrected chi connectivity index (χ4v) is 10.9. The number of aliphatic hydroxyl groups excluding tert-OH is 2. The largest absolute Gasteiger partial charge is 0.462 e. The van der Waals surface area contributed by atoms with E-state index >= 15 is 0 Å². The van der Waals surface area contributed by atoms with Gasteiger partial charge < -0.3 is 29.5 Å². The zero-order valence-electron chi connectivity index (χ0n) is 26.2. The monoisotopic (exact) mass is 562 g/mol. The minimum absolute atomic E-state index is 0.0435. The predicted molar refractivity (Wildman–Crippen MR) is 152 cm³/mol. The molecule has 228 valence electrons. The molecule has 7 heteroatoms. The van der Waals surface area contributed by atoms with E-state index in [1.807, 2.05) is 0 Å². The number of hydrogen-bond donors (Lipinski definition) is 3. The molecule has 0 aromatic heterocycles. The van der Waals surface area contributed by atoms with Crippen molar-refractivity contribution < 1.29 is 34.3 Å². The Morgan fingerprint density at radius 1 is 1.10 bits per heavy atom. The number of esters is 1. The molecule has 0 unspecified atom stereocenters. The van der Waals surface area contributed by atoms with Gasteiger partial charge in [-0.05, 0) is 92.8 Å². The van der Waals surface area contributed by atoms with E-state index in [1.54, 1.807) is 21.0 Å². The molecule has 5 rings (SSSR count). The first kappa shape index (κ1) is 30.5. The van der Waals surface area contributed by atoms with Crippen molar-refractivity contribution in [1.29, 1.82) is 0 Å². The van der Waals surface area contributed by atoms with Crippen molar-refractivity contribution in [3.63, 3.8) is 0 Å². The van der Waals surface area contributed by atoms with Crippen LogP contribution < -0.4 is 0 Å². The van der Waals surface area contributed by atoms with Gasteiger partial charge in [0.2, 0.25) is 0 Å². The lowest BCUT2D eigenvalue weighted by atomic mass is 9.37. The van der Waals surface area contributed by atoms with Crippen LogP contribution in [0.25, 0.3) is 0 Å². The highest BCUT2D eigenvalue weighted by atomic mass is 16.7. The van der Waals surface area contributed by atoms with Crippen LogP contribution in [0.1, 0.15) is 100 Å². The van der Waals surface area contributed by atoms with Crippen molar-refractivity contribution in [2.45, 2.75) is 137 Å². The van der Waals surface area contributed by atoms with E-state index in [2.05, 4.69) is 40.7 Å². The maximum atomic E-state index is 12.5. The number of fused-ring (bicyclic) bond motifs is 5. The molecule has 4 fully saturated rings. The van der Waals surface area contributed by atoms with Gasteiger partial charge in [-0.15, -0.1) is 0 Å². The summed E-state index contributed by atoms with van der Waals surface area (Å²) in [6, 6.07) is 0. The number of methoxy groups -OCH3 is 1. The lowest BCUT2D eigenvalue weighted by Crippen LogP contribution is -2.66. The number of carbonyl (C=O) groups is 1. The Morgan fingerprint density at radius 3 is 2.38 bits per heavy atom. The topological polar surface area (TPSA) is 105 Å². The first-order chi connectivity index (χ1) is 18.4. The van der Waals surface area contributed by atoms with Gasteiger partial charge in [0, 0.05) is 25.4 Å². The third kappa shape index (κ3) is 4.27. The minimum Gasteiger partial charge on any atom is -0.462 e. The van der Waals surface area contributed by atoms with Gasteiger partial charge in [0.05, 0.1) is 17.8 Å². The van der Waals surface area contributed by atoms with E-state index in [1.165, 1.54) is 12.5 Å². The molecule has 3 saturated carbocycles. The third-order valence-corrected chi connectivity index (χ3v) is 13.0. The average molecular weight is 563 g/mol. The van der Waals surface area contributed by atoms with Crippen LogP contribution in [-0.4, -0.2) is 64.7 Å². The van der Waals surface area contributed by atoms with Crippen LogP contribution in [-0.2, 0) is 19.0 Å². The van der Waals surface area contributed by atoms with Crippen molar-refractivity contribution in [3.05, 3.63) is 11.6 Å². The molecule has 1 heterocycles. The molecule has 0 bridgehead atoms. The van der Waals surface area contributed by atoms with Gasteiger partial charge in [-0.3, -0.25) is 4.79 Å². The lowest BCUT2D eigenvalue weighted by molar-refractivity contribution is -0.223. The van der Waals surface area contributed by atoms with Gasteiger partial charge in [0.25, 0.3) is 0 Å². The molecule has 1 saturated heterocycles. The van der Waals surface area contributed by atoms with Crippen molar-refractivity contribution in [1.82, 2.24) is 0 Å². The molecule has 5 aliphatic rings. The normalized spacial score (nSPS) is 49.0. The van der Waals surface area contributed by atoms with E-state index in [0.717, 1.165) is 38.5 Å². The Bertz CT molecular complexity index is 1030. The maximum absolute atomic E-state index is 12.5. The van der Waals surface area contributed by atoms with Crippen LogP contribution in [0.3, 0.4) is 0 Å². The summed E-state index contributed by atoms with van der Waals surface area (Å²) >= 11 is 0. The van der Waals surface area contributed by atoms with Crippen LogP contribution in [0.2, 0.25) is 0 Å². The molecule has 0 radical (unpaired) electrons. The molecule has 3 N–H and O–H groups in total. The highest BCUT2D eigenvalue weighted by molar-refractivity contribution is 5.66. The van der Waals surface area contributed by atoms with Gasteiger partial charge in [0.15, 0.2) is 6.29 Å². The summed E-state index contributed by atoms with van der Waals surface area (Å²) in [5.41, 5.74) is -0.469. The molecule has 12 atom stereocenters. The Balaban J connectivity index is 1.51. The summed E-state index contributed by atoms with van der Waals surface area (Å²) in [5.74, 6) is 0.706. The van der Waals surface area contributed by atoms with E-state index in [-0.39, 0.29) is 57.6 Å². The third-order valence-electron chi connectivity index (χ3n) is 13.0. The summed E-state index contributed by atoms with van der Waals surface area (Å²) in [7, 11) is 1.67. The summed E-state index contributed by atoms with van der Waals surface area (Å²) < 4.78 is 18.3. The van der Waals surface area contributed by atoms with Gasteiger partial charge in [-0.25, -0.2) is 0 Å². The number of allylic oxidation sites excluding steroid dienone is 1. The number of hydrogen-bond acceptors (Lipinski definition) is 7. The Kier molecular flexibility index (Phi) is 7.44. The fourth-order valence-electron chi connectivity index (χ4n) is 10.9. The Morgan fingerprint density at radius 2 is 1.77 bits per heavy atom. The number of ether oxygens (including phenoxy) is 3. The molecule has 4 aliphatic carbocycles. The van der Waals surface area contributed by atoms with Gasteiger partial charge >= 0.3 is 5.97 Å². The average Bonchev–Trinajstić information content (AvgIpc) is 3.43.